The number of hydrogen-bond donors (Lipinski definition) is 0. The van der Waals surface area contributed by atoms with Crippen molar-refractivity contribution >= 4 is 60.8 Å². The van der Waals surface area contributed by atoms with E-state index in [1.165, 1.54) is 0 Å². The molecule has 3 heteroatoms. The number of anilines is 3. The Labute approximate surface area is 422 Å². The Hall–Kier alpha value is -9.18. The molecule has 0 atom stereocenters. The lowest BCUT2D eigenvalue weighted by molar-refractivity contribution is 0.671. The molecule has 0 radical (unpaired) electrons. The molecule has 3 nitrogen and oxygen atoms in total. The summed E-state index contributed by atoms with van der Waals surface area (Å²) in [7, 11) is 0. The minimum atomic E-state index is -0.754. The fourth-order valence-electron chi connectivity index (χ4n) is 9.32. The lowest BCUT2D eigenvalue weighted by Gasteiger charge is -2.29. The predicted molar refractivity (Wildman–Crippen MR) is 290 cm³/mol. The van der Waals surface area contributed by atoms with Gasteiger partial charge in [-0.05, 0) is 99.6 Å². The summed E-state index contributed by atoms with van der Waals surface area (Å²) >= 11 is 0. The van der Waals surface area contributed by atoms with Crippen LogP contribution in [0.15, 0.2) is 271 Å². The van der Waals surface area contributed by atoms with Crippen molar-refractivity contribution in [1.82, 2.24) is 4.57 Å². The Balaban J connectivity index is 1.04. The molecule has 0 bridgehead atoms. The smallest absolute Gasteiger partial charge is 0.143 e. The average Bonchev–Trinajstić information content (AvgIpc) is 1.59. The summed E-state index contributed by atoms with van der Waals surface area (Å²) in [5, 5.41) is 1.57. The van der Waals surface area contributed by atoms with Crippen molar-refractivity contribution in [2.75, 3.05) is 4.90 Å². The van der Waals surface area contributed by atoms with Crippen molar-refractivity contribution < 1.29 is 25.0 Å². The van der Waals surface area contributed by atoms with Gasteiger partial charge in [0.05, 0.1) is 37.3 Å². The highest BCUT2D eigenvalue weighted by atomic mass is 16.3. The zero-order chi connectivity index (χ0) is 58.7. The Morgan fingerprint density at radius 2 is 0.870 bits per heavy atom. The molecule has 0 fully saturated rings. The topological polar surface area (TPSA) is 21.3 Å². The van der Waals surface area contributed by atoms with E-state index in [9.17, 15) is 8.22 Å². The largest absolute Gasteiger partial charge is 0.455 e. The minimum Gasteiger partial charge on any atom is -0.455 e. The Morgan fingerprint density at radius 1 is 0.333 bits per heavy atom. The van der Waals surface area contributed by atoms with Crippen molar-refractivity contribution in [2.45, 2.75) is 0 Å². The van der Waals surface area contributed by atoms with E-state index in [1.54, 1.807) is 4.90 Å². The summed E-state index contributed by atoms with van der Waals surface area (Å²) in [5.41, 5.74) is 5.96. The maximum atomic E-state index is 10.0. The number of rotatable bonds is 9. The van der Waals surface area contributed by atoms with E-state index in [1.807, 2.05) is 140 Å². The van der Waals surface area contributed by atoms with Gasteiger partial charge in [-0.25, -0.2) is 0 Å². The van der Waals surface area contributed by atoms with Crippen LogP contribution in [-0.4, -0.2) is 4.57 Å². The molecular weight excluding hydrogens is 837 g/mol. The second-order valence-corrected chi connectivity index (χ2v) is 16.5. The summed E-state index contributed by atoms with van der Waals surface area (Å²) in [6.45, 7) is 0. The van der Waals surface area contributed by atoms with E-state index < -0.39 is 124 Å². The van der Waals surface area contributed by atoms with Gasteiger partial charge in [-0.1, -0.05) is 206 Å². The van der Waals surface area contributed by atoms with Crippen LogP contribution in [0, 0.1) is 0 Å². The Bertz CT molecular complexity index is 4800. The van der Waals surface area contributed by atoms with E-state index in [0.29, 0.717) is 16.9 Å². The molecule has 0 spiro atoms. The maximum Gasteiger partial charge on any atom is 0.143 e. The average molecular weight is 896 g/mol. The molecule has 2 aromatic heterocycles. The molecule has 0 aliphatic heterocycles. The van der Waals surface area contributed by atoms with Gasteiger partial charge in [-0.2, -0.15) is 0 Å². The van der Waals surface area contributed by atoms with Crippen LogP contribution in [0.5, 0.6) is 0 Å². The van der Waals surface area contributed by atoms with E-state index in [4.69, 9.17) is 16.8 Å². The van der Waals surface area contributed by atoms with Gasteiger partial charge in [0.2, 0.25) is 0 Å². The van der Waals surface area contributed by atoms with Gasteiger partial charge in [0.1, 0.15) is 11.2 Å². The fourth-order valence-corrected chi connectivity index (χ4v) is 9.32. The summed E-state index contributed by atoms with van der Waals surface area (Å²) in [4.78, 5) is 1.67. The molecule has 11 aromatic carbocycles. The van der Waals surface area contributed by atoms with Crippen molar-refractivity contribution in [1.29, 1.82) is 0 Å². The molecule has 0 aliphatic rings. The number of aromatic nitrogens is 1. The van der Waals surface area contributed by atoms with Gasteiger partial charge in [-0.3, -0.25) is 0 Å². The van der Waals surface area contributed by atoms with E-state index in [-0.39, 0.29) is 16.5 Å². The standard InChI is InChI=1S/C66H44N2O/c1-4-17-45(18-5-1)51-37-42-64(61(44-51)48-21-8-3-9-22-48)67(52-38-33-46(34-39-52)50-23-14-24-54(43-50)68-62-31-12-10-25-57(62)58-26-11-13-32-63(58)68)53-40-35-49(36-41-53)56-28-16-30-60-59-29-15-27-55(65(59)69-66(56)60)47-19-6-2-7-20-47/h1-44H/i2D,6D,7D,15D,16D,19D,20D,27D,28D,29D,30D,35D,36D,40D,41D. The molecule has 69 heavy (non-hydrogen) atoms. The van der Waals surface area contributed by atoms with Gasteiger partial charge in [-0.15, -0.1) is 0 Å². The van der Waals surface area contributed by atoms with Crippen LogP contribution in [-0.2, 0) is 0 Å². The SMILES string of the molecule is [2H]c1c([2H])c([2H])c(-c2c([2H])c([2H])c([2H])c3c2oc2c(-c4c([2H])c([2H])c(N(c5ccc(-c6cccc(-n7c8ccccc8c8ccccc87)c6)cc5)c5ccc(-c6ccccc6)cc5-c5ccccc5)c([2H])c4[2H])c([2H])c([2H])c([2H])c23)c([2H])c1[2H]. The van der Waals surface area contributed by atoms with Crippen LogP contribution in [0.25, 0.3) is 105 Å². The zero-order valence-electron chi connectivity index (χ0n) is 51.5. The number of nitrogens with zero attached hydrogens (tertiary/aromatic N) is 2. The number of fused-ring (bicyclic) bond motifs is 6. The van der Waals surface area contributed by atoms with Crippen molar-refractivity contribution in [3.05, 3.63) is 267 Å². The Morgan fingerprint density at radius 3 is 1.52 bits per heavy atom. The maximum absolute atomic E-state index is 10.0. The molecule has 0 saturated heterocycles. The van der Waals surface area contributed by atoms with E-state index in [2.05, 4.69) is 41.0 Å². The fraction of sp³-hybridized carbons (Fsp3) is 0. The van der Waals surface area contributed by atoms with Gasteiger partial charge in [0.25, 0.3) is 0 Å². The highest BCUT2D eigenvalue weighted by molar-refractivity contribution is 6.13. The monoisotopic (exact) mass is 895 g/mol. The van der Waals surface area contributed by atoms with Crippen molar-refractivity contribution in [2.24, 2.45) is 0 Å². The van der Waals surface area contributed by atoms with Gasteiger partial charge in [0, 0.05) is 55.3 Å². The van der Waals surface area contributed by atoms with Crippen LogP contribution in [0.2, 0.25) is 0 Å². The van der Waals surface area contributed by atoms with Crippen molar-refractivity contribution in [3.8, 4) is 61.3 Å². The predicted octanol–water partition coefficient (Wildman–Crippen LogP) is 18.5. The normalized spacial score (nSPS) is 14.5. The first-order chi connectivity index (χ1) is 40.5. The molecule has 324 valence electrons. The molecular formula is C66H44N2O. The quantitative estimate of drug-likeness (QED) is 0.144. The summed E-state index contributed by atoms with van der Waals surface area (Å²) in [5.74, 6) is 0. The summed E-state index contributed by atoms with van der Waals surface area (Å²) < 4.78 is 146. The van der Waals surface area contributed by atoms with Crippen LogP contribution < -0.4 is 4.90 Å². The Kier molecular flexibility index (Phi) is 6.73. The van der Waals surface area contributed by atoms with Crippen LogP contribution in [0.4, 0.5) is 17.1 Å². The van der Waals surface area contributed by atoms with Crippen LogP contribution in [0.1, 0.15) is 20.6 Å². The molecule has 0 saturated carbocycles. The molecule has 0 aliphatic carbocycles. The first-order valence-corrected chi connectivity index (χ1v) is 22.4. The number of para-hydroxylation sites is 4. The van der Waals surface area contributed by atoms with Gasteiger partial charge >= 0.3 is 0 Å². The highest BCUT2D eigenvalue weighted by Gasteiger charge is 2.21. The van der Waals surface area contributed by atoms with E-state index in [0.717, 1.165) is 55.3 Å². The molecule has 13 rings (SSSR count). The minimum absolute atomic E-state index is 0.176. The van der Waals surface area contributed by atoms with Gasteiger partial charge in [0.15, 0.2) is 0 Å². The second kappa shape index (κ2) is 16.9. The zero-order valence-corrected chi connectivity index (χ0v) is 36.5. The van der Waals surface area contributed by atoms with E-state index >= 15 is 0 Å². The number of benzene rings is 11. The molecule has 2 heterocycles. The van der Waals surface area contributed by atoms with Crippen LogP contribution >= 0.6 is 0 Å². The third kappa shape index (κ3) is 7.08. The highest BCUT2D eigenvalue weighted by Crippen LogP contribution is 2.45. The van der Waals surface area contributed by atoms with Gasteiger partial charge < -0.3 is 13.9 Å². The third-order valence-electron chi connectivity index (χ3n) is 12.5. The lowest BCUT2D eigenvalue weighted by Crippen LogP contribution is -2.11. The second-order valence-electron chi connectivity index (χ2n) is 16.5. The third-order valence-corrected chi connectivity index (χ3v) is 12.5. The molecule has 13 aromatic rings. The summed E-state index contributed by atoms with van der Waals surface area (Å²) in [6, 6.07) is 47.1. The molecule has 0 N–H and O–H groups in total. The molecule has 0 unspecified atom stereocenters. The van der Waals surface area contributed by atoms with Crippen LogP contribution in [0.3, 0.4) is 0 Å². The first-order valence-electron chi connectivity index (χ1n) is 29.9. The number of furan rings is 1. The number of hydrogen-bond acceptors (Lipinski definition) is 2. The van der Waals surface area contributed by atoms with Crippen molar-refractivity contribution in [3.63, 3.8) is 0 Å². The lowest BCUT2D eigenvalue weighted by atomic mass is 9.96. The first kappa shape index (κ1) is 27.5. The molecule has 0 amide bonds. The summed E-state index contributed by atoms with van der Waals surface area (Å²) in [6.07, 6.45) is 0.